The maximum absolute atomic E-state index is 12.1. The van der Waals surface area contributed by atoms with Crippen LogP contribution in [0.25, 0.3) is 0 Å². The van der Waals surface area contributed by atoms with Crippen molar-refractivity contribution < 1.29 is 14.3 Å². The molecule has 0 aromatic heterocycles. The molecule has 4 heteroatoms. The van der Waals surface area contributed by atoms with Crippen molar-refractivity contribution in [1.82, 2.24) is 4.90 Å². The Morgan fingerprint density at radius 1 is 1.38 bits per heavy atom. The first-order valence-electron chi connectivity index (χ1n) is 7.64. The highest BCUT2D eigenvalue weighted by Crippen LogP contribution is 2.15. The molecule has 0 radical (unpaired) electrons. The summed E-state index contributed by atoms with van der Waals surface area (Å²) in [5.74, 6) is -0.234. The molecule has 1 aliphatic heterocycles. The predicted octanol–water partition coefficient (Wildman–Crippen LogP) is 2.48. The summed E-state index contributed by atoms with van der Waals surface area (Å²) in [5, 5.41) is 0. The Bertz CT molecular complexity index is 435. The fraction of sp³-hybridized carbons (Fsp3) is 0.588. The molecular weight excluding hydrogens is 266 g/mol. The van der Waals surface area contributed by atoms with Crippen LogP contribution >= 0.6 is 0 Å². The topological polar surface area (TPSA) is 38.8 Å². The van der Waals surface area contributed by atoms with Crippen molar-refractivity contribution in [3.8, 4) is 0 Å². The average molecular weight is 291 g/mol. The van der Waals surface area contributed by atoms with Gasteiger partial charge in [0.2, 0.25) is 0 Å². The summed E-state index contributed by atoms with van der Waals surface area (Å²) in [4.78, 5) is 14.4. The van der Waals surface area contributed by atoms with Gasteiger partial charge in [0.05, 0.1) is 12.0 Å². The maximum atomic E-state index is 12.1. The molecule has 0 saturated carbocycles. The Labute approximate surface area is 127 Å². The molecule has 0 spiro atoms. The minimum atomic E-state index is -0.126. The van der Waals surface area contributed by atoms with E-state index in [2.05, 4.69) is 4.90 Å². The maximum Gasteiger partial charge on any atom is 0.310 e. The highest BCUT2D eigenvalue weighted by atomic mass is 16.5. The van der Waals surface area contributed by atoms with Crippen molar-refractivity contribution in [1.29, 1.82) is 0 Å². The van der Waals surface area contributed by atoms with E-state index >= 15 is 0 Å². The number of hydrogen-bond acceptors (Lipinski definition) is 4. The number of nitrogens with zero attached hydrogens (tertiary/aromatic N) is 1. The fourth-order valence-electron chi connectivity index (χ4n) is 2.70. The summed E-state index contributed by atoms with van der Waals surface area (Å²) >= 11 is 0. The van der Waals surface area contributed by atoms with E-state index in [1.54, 1.807) is 7.11 Å². The lowest BCUT2D eigenvalue weighted by molar-refractivity contribution is -0.150. The van der Waals surface area contributed by atoms with Crippen molar-refractivity contribution in [3.63, 3.8) is 0 Å². The predicted molar refractivity (Wildman–Crippen MR) is 81.9 cm³/mol. The SMILES string of the molecule is COC1CCCN(CC(C)C(=O)OCc2ccccc2)C1. The van der Waals surface area contributed by atoms with Crippen LogP contribution in [0.5, 0.6) is 0 Å². The van der Waals surface area contributed by atoms with Crippen molar-refractivity contribution in [2.75, 3.05) is 26.7 Å². The number of likely N-dealkylation sites (tertiary alicyclic amines) is 1. The molecule has 4 nitrogen and oxygen atoms in total. The molecule has 0 amide bonds. The Kier molecular flexibility index (Phi) is 6.21. The second-order valence-electron chi connectivity index (χ2n) is 5.75. The second kappa shape index (κ2) is 8.15. The van der Waals surface area contributed by atoms with Crippen LogP contribution in [0.1, 0.15) is 25.3 Å². The molecule has 21 heavy (non-hydrogen) atoms. The van der Waals surface area contributed by atoms with E-state index in [9.17, 15) is 4.79 Å². The Hall–Kier alpha value is -1.39. The molecule has 0 aliphatic carbocycles. The number of esters is 1. The van der Waals surface area contributed by atoms with Gasteiger partial charge in [-0.2, -0.15) is 0 Å². The Morgan fingerprint density at radius 2 is 2.14 bits per heavy atom. The van der Waals surface area contributed by atoms with Gasteiger partial charge in [-0.25, -0.2) is 0 Å². The van der Waals surface area contributed by atoms with E-state index < -0.39 is 0 Å². The van der Waals surface area contributed by atoms with Gasteiger partial charge < -0.3 is 9.47 Å². The van der Waals surface area contributed by atoms with E-state index in [0.717, 1.165) is 38.0 Å². The molecule has 1 aliphatic rings. The van der Waals surface area contributed by atoms with Gasteiger partial charge in [0.25, 0.3) is 0 Å². The number of methoxy groups -OCH3 is 1. The molecule has 1 fully saturated rings. The van der Waals surface area contributed by atoms with Gasteiger partial charge in [-0.3, -0.25) is 9.69 Å². The van der Waals surface area contributed by atoms with Gasteiger partial charge in [-0.05, 0) is 24.9 Å². The van der Waals surface area contributed by atoms with Crippen LogP contribution in [0.4, 0.5) is 0 Å². The Balaban J connectivity index is 1.74. The van der Waals surface area contributed by atoms with E-state index in [4.69, 9.17) is 9.47 Å². The third-order valence-corrected chi connectivity index (χ3v) is 3.95. The second-order valence-corrected chi connectivity index (χ2v) is 5.75. The molecule has 2 rings (SSSR count). The first kappa shape index (κ1) is 16.0. The zero-order chi connectivity index (χ0) is 15.1. The van der Waals surface area contributed by atoms with E-state index in [0.29, 0.717) is 12.7 Å². The van der Waals surface area contributed by atoms with E-state index in [1.165, 1.54) is 0 Å². The molecule has 2 unspecified atom stereocenters. The third kappa shape index (κ3) is 5.14. The first-order valence-corrected chi connectivity index (χ1v) is 7.64. The summed E-state index contributed by atoms with van der Waals surface area (Å²) in [6.07, 6.45) is 2.54. The molecule has 116 valence electrons. The standard InChI is InChI=1S/C17H25NO3/c1-14(11-18-10-6-9-16(12-18)20-2)17(19)21-13-15-7-4-3-5-8-15/h3-5,7-8,14,16H,6,9-13H2,1-2H3. The molecule has 0 N–H and O–H groups in total. The van der Waals surface area contributed by atoms with Crippen LogP contribution < -0.4 is 0 Å². The summed E-state index contributed by atoms with van der Waals surface area (Å²) in [5.41, 5.74) is 1.02. The van der Waals surface area contributed by atoms with Gasteiger partial charge in [0.15, 0.2) is 0 Å². The molecule has 0 bridgehead atoms. The largest absolute Gasteiger partial charge is 0.461 e. The number of rotatable bonds is 6. The minimum Gasteiger partial charge on any atom is -0.461 e. The molecular formula is C17H25NO3. The Morgan fingerprint density at radius 3 is 2.86 bits per heavy atom. The zero-order valence-corrected chi connectivity index (χ0v) is 13.0. The van der Waals surface area contributed by atoms with Crippen LogP contribution in [-0.2, 0) is 20.9 Å². The van der Waals surface area contributed by atoms with Crippen molar-refractivity contribution >= 4 is 5.97 Å². The fourth-order valence-corrected chi connectivity index (χ4v) is 2.70. The summed E-state index contributed by atoms with van der Waals surface area (Å²) in [6.45, 7) is 4.98. The number of hydrogen-bond donors (Lipinski definition) is 0. The lowest BCUT2D eigenvalue weighted by Crippen LogP contribution is -2.42. The quantitative estimate of drug-likeness (QED) is 0.755. The van der Waals surface area contributed by atoms with Gasteiger partial charge in [-0.15, -0.1) is 0 Å². The highest BCUT2D eigenvalue weighted by Gasteiger charge is 2.24. The van der Waals surface area contributed by atoms with Crippen LogP contribution in [0.3, 0.4) is 0 Å². The summed E-state index contributed by atoms with van der Waals surface area (Å²) < 4.78 is 10.8. The van der Waals surface area contributed by atoms with Crippen molar-refractivity contribution in [3.05, 3.63) is 35.9 Å². The molecule has 2 atom stereocenters. The van der Waals surface area contributed by atoms with Crippen molar-refractivity contribution in [2.45, 2.75) is 32.5 Å². The van der Waals surface area contributed by atoms with Gasteiger partial charge >= 0.3 is 5.97 Å². The van der Waals surface area contributed by atoms with Gasteiger partial charge in [-0.1, -0.05) is 37.3 Å². The molecule has 1 heterocycles. The van der Waals surface area contributed by atoms with Crippen LogP contribution in [0.2, 0.25) is 0 Å². The number of carbonyl (C=O) groups is 1. The van der Waals surface area contributed by atoms with Gasteiger partial charge in [0, 0.05) is 20.2 Å². The zero-order valence-electron chi connectivity index (χ0n) is 13.0. The number of ether oxygens (including phenoxy) is 2. The average Bonchev–Trinajstić information content (AvgIpc) is 2.53. The lowest BCUT2D eigenvalue weighted by atomic mass is 10.1. The normalized spacial score (nSPS) is 21.0. The van der Waals surface area contributed by atoms with Crippen LogP contribution in [0.15, 0.2) is 30.3 Å². The van der Waals surface area contributed by atoms with Gasteiger partial charge in [0.1, 0.15) is 6.61 Å². The van der Waals surface area contributed by atoms with Crippen molar-refractivity contribution in [2.24, 2.45) is 5.92 Å². The third-order valence-electron chi connectivity index (χ3n) is 3.95. The van der Waals surface area contributed by atoms with E-state index in [-0.39, 0.29) is 11.9 Å². The number of piperidine rings is 1. The highest BCUT2D eigenvalue weighted by molar-refractivity contribution is 5.72. The molecule has 1 aromatic carbocycles. The number of benzene rings is 1. The summed E-state index contributed by atoms with van der Waals surface area (Å²) in [7, 11) is 1.76. The van der Waals surface area contributed by atoms with E-state index in [1.807, 2.05) is 37.3 Å². The van der Waals surface area contributed by atoms with Crippen LogP contribution in [0, 0.1) is 5.92 Å². The first-order chi connectivity index (χ1) is 10.2. The smallest absolute Gasteiger partial charge is 0.310 e. The summed E-state index contributed by atoms with van der Waals surface area (Å²) in [6, 6.07) is 9.78. The van der Waals surface area contributed by atoms with Crippen LogP contribution in [-0.4, -0.2) is 43.7 Å². The molecule has 1 aromatic rings. The minimum absolute atomic E-state index is 0.107. The monoisotopic (exact) mass is 291 g/mol. The number of carbonyl (C=O) groups excluding carboxylic acids is 1. The lowest BCUT2D eigenvalue weighted by Gasteiger charge is -2.33. The molecule has 1 saturated heterocycles.